The normalized spacial score (nSPS) is 10.7. The Morgan fingerprint density at radius 3 is 2.55 bits per heavy atom. The fourth-order valence-corrected chi connectivity index (χ4v) is 2.14. The second kappa shape index (κ2) is 5.27. The maximum absolute atomic E-state index is 5.70. The molecule has 2 aromatic heterocycles. The summed E-state index contributed by atoms with van der Waals surface area (Å²) >= 11 is 0. The quantitative estimate of drug-likeness (QED) is 0.764. The molecule has 0 aliphatic rings. The average molecular weight is 264 g/mol. The number of aromatic amines is 1. The van der Waals surface area contributed by atoms with Crippen LogP contribution in [0.4, 0.5) is 0 Å². The first-order valence-electron chi connectivity index (χ1n) is 6.55. The highest BCUT2D eigenvalue weighted by molar-refractivity contribution is 5.76. The first-order valence-corrected chi connectivity index (χ1v) is 6.55. The fourth-order valence-electron chi connectivity index (χ4n) is 2.14. The van der Waals surface area contributed by atoms with E-state index in [1.165, 1.54) is 5.56 Å². The molecule has 3 N–H and O–H groups in total. The number of aryl methyl sites for hydroxylation is 1. The van der Waals surface area contributed by atoms with Crippen molar-refractivity contribution >= 4 is 0 Å². The van der Waals surface area contributed by atoms with Crippen molar-refractivity contribution < 1.29 is 0 Å². The van der Waals surface area contributed by atoms with Gasteiger partial charge in [-0.25, -0.2) is 4.98 Å². The predicted octanol–water partition coefficient (Wildman–Crippen LogP) is 2.91. The van der Waals surface area contributed by atoms with Gasteiger partial charge in [-0.1, -0.05) is 35.9 Å². The van der Waals surface area contributed by atoms with Crippen molar-refractivity contribution in [2.45, 2.75) is 13.5 Å². The summed E-state index contributed by atoms with van der Waals surface area (Å²) in [5.74, 6) is 0.765. The minimum absolute atomic E-state index is 0.381. The second-order valence-corrected chi connectivity index (χ2v) is 4.69. The summed E-state index contributed by atoms with van der Waals surface area (Å²) in [5.41, 5.74) is 10.7. The van der Waals surface area contributed by atoms with Gasteiger partial charge in [-0.15, -0.1) is 0 Å². The van der Waals surface area contributed by atoms with Gasteiger partial charge in [0, 0.05) is 11.8 Å². The van der Waals surface area contributed by atoms with Gasteiger partial charge in [-0.05, 0) is 19.1 Å². The van der Waals surface area contributed by atoms with Crippen LogP contribution in [-0.4, -0.2) is 15.0 Å². The van der Waals surface area contributed by atoms with E-state index in [2.05, 4.69) is 46.1 Å². The lowest BCUT2D eigenvalue weighted by Crippen LogP contribution is -1.98. The number of pyridine rings is 1. The molecule has 0 radical (unpaired) electrons. The molecule has 0 saturated heterocycles. The Hall–Kier alpha value is -2.46. The van der Waals surface area contributed by atoms with Gasteiger partial charge < -0.3 is 10.7 Å². The van der Waals surface area contributed by atoms with Crippen LogP contribution in [0, 0.1) is 6.92 Å². The Morgan fingerprint density at radius 2 is 1.90 bits per heavy atom. The smallest absolute Gasteiger partial charge is 0.121 e. The molecule has 3 aromatic rings. The van der Waals surface area contributed by atoms with Gasteiger partial charge in [-0.2, -0.15) is 0 Å². The molecule has 1 aromatic carbocycles. The van der Waals surface area contributed by atoms with E-state index in [9.17, 15) is 0 Å². The molecule has 4 heteroatoms. The fraction of sp³-hybridized carbons (Fsp3) is 0.125. The van der Waals surface area contributed by atoms with Gasteiger partial charge in [0.25, 0.3) is 0 Å². The first kappa shape index (κ1) is 12.6. The molecule has 20 heavy (non-hydrogen) atoms. The van der Waals surface area contributed by atoms with Crippen molar-refractivity contribution in [1.82, 2.24) is 15.0 Å². The summed E-state index contributed by atoms with van der Waals surface area (Å²) in [4.78, 5) is 12.2. The third-order valence-corrected chi connectivity index (χ3v) is 3.19. The Morgan fingerprint density at radius 1 is 1.10 bits per heavy atom. The van der Waals surface area contributed by atoms with Crippen LogP contribution in [-0.2, 0) is 6.54 Å². The molecule has 0 spiro atoms. The van der Waals surface area contributed by atoms with Gasteiger partial charge in [0.1, 0.15) is 5.82 Å². The molecular formula is C16H16N4. The predicted molar refractivity (Wildman–Crippen MR) is 79.9 cm³/mol. The maximum Gasteiger partial charge on any atom is 0.121 e. The number of benzene rings is 1. The highest BCUT2D eigenvalue weighted by Crippen LogP contribution is 2.28. The Bertz CT molecular complexity index is 699. The zero-order valence-corrected chi connectivity index (χ0v) is 11.3. The molecule has 100 valence electrons. The summed E-state index contributed by atoms with van der Waals surface area (Å²) in [6, 6.07) is 14.1. The van der Waals surface area contributed by atoms with Crippen molar-refractivity contribution in [3.8, 4) is 22.6 Å². The van der Waals surface area contributed by atoms with Crippen LogP contribution >= 0.6 is 0 Å². The van der Waals surface area contributed by atoms with Gasteiger partial charge in [-0.3, -0.25) is 4.98 Å². The van der Waals surface area contributed by atoms with Crippen molar-refractivity contribution in [3.63, 3.8) is 0 Å². The largest absolute Gasteiger partial charge is 0.339 e. The van der Waals surface area contributed by atoms with E-state index in [1.807, 2.05) is 18.2 Å². The highest BCUT2D eigenvalue weighted by atomic mass is 15.0. The van der Waals surface area contributed by atoms with Crippen molar-refractivity contribution in [3.05, 3.63) is 60.0 Å². The van der Waals surface area contributed by atoms with Crippen molar-refractivity contribution in [2.75, 3.05) is 0 Å². The lowest BCUT2D eigenvalue weighted by molar-refractivity contribution is 0.951. The molecular weight excluding hydrogens is 248 g/mol. The lowest BCUT2D eigenvalue weighted by atomic mass is 10.1. The van der Waals surface area contributed by atoms with Gasteiger partial charge >= 0.3 is 0 Å². The van der Waals surface area contributed by atoms with Gasteiger partial charge in [0.15, 0.2) is 0 Å². The summed E-state index contributed by atoms with van der Waals surface area (Å²) in [6.07, 6.45) is 1.78. The molecule has 0 bridgehead atoms. The van der Waals surface area contributed by atoms with Gasteiger partial charge in [0.2, 0.25) is 0 Å². The lowest BCUT2D eigenvalue weighted by Gasteiger charge is -2.02. The number of nitrogens with two attached hydrogens (primary N) is 1. The van der Waals surface area contributed by atoms with Crippen molar-refractivity contribution in [1.29, 1.82) is 0 Å². The van der Waals surface area contributed by atoms with Crippen LogP contribution in [0.15, 0.2) is 48.7 Å². The third kappa shape index (κ3) is 2.33. The molecule has 3 rings (SSSR count). The van der Waals surface area contributed by atoms with Crippen LogP contribution in [0.2, 0.25) is 0 Å². The summed E-state index contributed by atoms with van der Waals surface area (Å²) in [6.45, 7) is 2.45. The van der Waals surface area contributed by atoms with Crippen LogP contribution < -0.4 is 5.73 Å². The maximum atomic E-state index is 5.70. The van der Waals surface area contributed by atoms with E-state index in [0.29, 0.717) is 6.54 Å². The zero-order valence-electron chi connectivity index (χ0n) is 11.3. The van der Waals surface area contributed by atoms with E-state index in [-0.39, 0.29) is 0 Å². The Kier molecular flexibility index (Phi) is 3.31. The highest BCUT2D eigenvalue weighted by Gasteiger charge is 2.14. The van der Waals surface area contributed by atoms with E-state index >= 15 is 0 Å². The van der Waals surface area contributed by atoms with E-state index in [0.717, 1.165) is 28.5 Å². The standard InChI is InChI=1S/C16H16N4/c1-11-5-7-12(8-6-11)15-16(20-14(10-17)19-15)13-4-2-3-9-18-13/h2-9H,10,17H2,1H3,(H,19,20). The number of hydrogen-bond acceptors (Lipinski definition) is 3. The molecule has 0 aliphatic carbocycles. The van der Waals surface area contributed by atoms with Crippen molar-refractivity contribution in [2.24, 2.45) is 5.73 Å². The minimum atomic E-state index is 0.381. The monoisotopic (exact) mass is 264 g/mol. The topological polar surface area (TPSA) is 67.6 Å². The number of H-pyrrole nitrogens is 1. The summed E-state index contributed by atoms with van der Waals surface area (Å²) in [5, 5.41) is 0. The number of nitrogens with one attached hydrogen (secondary N) is 1. The second-order valence-electron chi connectivity index (χ2n) is 4.69. The van der Waals surface area contributed by atoms with Gasteiger partial charge in [0.05, 0.1) is 23.6 Å². The molecule has 4 nitrogen and oxygen atoms in total. The number of nitrogens with zero attached hydrogens (tertiary/aromatic N) is 2. The zero-order chi connectivity index (χ0) is 13.9. The Balaban J connectivity index is 2.15. The van der Waals surface area contributed by atoms with E-state index in [4.69, 9.17) is 5.73 Å². The van der Waals surface area contributed by atoms with Crippen LogP contribution in [0.25, 0.3) is 22.6 Å². The average Bonchev–Trinajstić information content (AvgIpc) is 2.93. The minimum Gasteiger partial charge on any atom is -0.339 e. The number of rotatable bonds is 3. The molecule has 0 amide bonds. The van der Waals surface area contributed by atoms with Crippen LogP contribution in [0.3, 0.4) is 0 Å². The van der Waals surface area contributed by atoms with E-state index < -0.39 is 0 Å². The van der Waals surface area contributed by atoms with E-state index in [1.54, 1.807) is 6.20 Å². The molecule has 0 aliphatic heterocycles. The molecule has 0 atom stereocenters. The number of aromatic nitrogens is 3. The number of imidazole rings is 1. The first-order chi connectivity index (χ1) is 9.78. The number of hydrogen-bond donors (Lipinski definition) is 2. The Labute approximate surface area is 117 Å². The van der Waals surface area contributed by atoms with Crippen LogP contribution in [0.1, 0.15) is 11.4 Å². The molecule has 0 fully saturated rings. The summed E-state index contributed by atoms with van der Waals surface area (Å²) in [7, 11) is 0. The summed E-state index contributed by atoms with van der Waals surface area (Å²) < 4.78 is 0. The third-order valence-electron chi connectivity index (χ3n) is 3.19. The molecule has 2 heterocycles. The molecule has 0 saturated carbocycles. The molecule has 0 unspecified atom stereocenters. The SMILES string of the molecule is Cc1ccc(-c2nc(CN)[nH]c2-c2ccccn2)cc1. The van der Waals surface area contributed by atoms with Crippen LogP contribution in [0.5, 0.6) is 0 Å².